The first-order valence-corrected chi connectivity index (χ1v) is 5.64. The molecular weight excluding hydrogens is 283 g/mol. The molecule has 0 bridgehead atoms. The van der Waals surface area contributed by atoms with Crippen LogP contribution in [0.25, 0.3) is 0 Å². The molecule has 0 fully saturated rings. The topological polar surface area (TPSA) is 37.8 Å². The summed E-state index contributed by atoms with van der Waals surface area (Å²) in [6.45, 7) is 1.64. The van der Waals surface area contributed by atoms with Crippen LogP contribution in [0, 0.1) is 18.6 Å². The summed E-state index contributed by atoms with van der Waals surface area (Å²) in [4.78, 5) is 7.87. The second kappa shape index (κ2) is 5.04. The molecule has 18 heavy (non-hydrogen) atoms. The number of nitrogens with zero attached hydrogens (tertiary/aromatic N) is 2. The maximum atomic E-state index is 13.5. The van der Waals surface area contributed by atoms with Gasteiger partial charge in [0.05, 0.1) is 10.7 Å². The van der Waals surface area contributed by atoms with E-state index in [4.69, 9.17) is 23.2 Å². The van der Waals surface area contributed by atoms with Gasteiger partial charge in [-0.15, -0.1) is 0 Å². The van der Waals surface area contributed by atoms with Crippen LogP contribution in [0.5, 0.6) is 0 Å². The van der Waals surface area contributed by atoms with Crippen molar-refractivity contribution < 1.29 is 8.78 Å². The molecule has 1 heterocycles. The summed E-state index contributed by atoms with van der Waals surface area (Å²) in [5.41, 5.74) is -0.0627. The van der Waals surface area contributed by atoms with E-state index in [-0.39, 0.29) is 21.7 Å². The zero-order valence-electron chi connectivity index (χ0n) is 9.14. The van der Waals surface area contributed by atoms with E-state index in [0.717, 1.165) is 12.1 Å². The van der Waals surface area contributed by atoms with Crippen LogP contribution in [-0.4, -0.2) is 9.97 Å². The second-order valence-electron chi connectivity index (χ2n) is 3.49. The number of nitrogens with one attached hydrogen (secondary N) is 1. The number of halogens is 4. The molecule has 0 aliphatic carbocycles. The van der Waals surface area contributed by atoms with Crippen LogP contribution >= 0.6 is 23.2 Å². The molecule has 3 nitrogen and oxygen atoms in total. The van der Waals surface area contributed by atoms with Crippen LogP contribution in [0.3, 0.4) is 0 Å². The molecule has 0 unspecified atom stereocenters. The van der Waals surface area contributed by atoms with Gasteiger partial charge in [0, 0.05) is 12.1 Å². The molecule has 2 rings (SSSR count). The molecular formula is C11H7Cl2F2N3. The van der Waals surface area contributed by atoms with Crippen molar-refractivity contribution in [1.82, 2.24) is 9.97 Å². The summed E-state index contributed by atoms with van der Waals surface area (Å²) >= 11 is 11.5. The van der Waals surface area contributed by atoms with Crippen LogP contribution in [-0.2, 0) is 0 Å². The third kappa shape index (κ3) is 2.86. The molecule has 7 heteroatoms. The highest BCUT2D eigenvalue weighted by molar-refractivity contribution is 6.33. The van der Waals surface area contributed by atoms with E-state index in [9.17, 15) is 8.78 Å². The van der Waals surface area contributed by atoms with Crippen LogP contribution in [0.2, 0.25) is 10.2 Å². The average Bonchev–Trinajstić information content (AvgIpc) is 2.22. The molecule has 1 N–H and O–H groups in total. The molecule has 0 radical (unpaired) electrons. The third-order valence-corrected chi connectivity index (χ3v) is 2.56. The monoisotopic (exact) mass is 289 g/mol. The van der Waals surface area contributed by atoms with Crippen LogP contribution in [0.4, 0.5) is 20.3 Å². The molecule has 0 aliphatic rings. The molecule has 0 amide bonds. The lowest BCUT2D eigenvalue weighted by Gasteiger charge is -2.09. The fourth-order valence-electron chi connectivity index (χ4n) is 1.38. The van der Waals surface area contributed by atoms with Crippen molar-refractivity contribution in [3.63, 3.8) is 0 Å². The first-order chi connectivity index (χ1) is 8.45. The van der Waals surface area contributed by atoms with Crippen molar-refractivity contribution in [1.29, 1.82) is 0 Å². The van der Waals surface area contributed by atoms with Gasteiger partial charge in [-0.05, 0) is 13.0 Å². The minimum atomic E-state index is -0.813. The normalized spacial score (nSPS) is 10.5. The number of aromatic nitrogens is 2. The van der Waals surface area contributed by atoms with Crippen LogP contribution in [0.15, 0.2) is 18.2 Å². The van der Waals surface area contributed by atoms with Gasteiger partial charge in [0.2, 0.25) is 0 Å². The van der Waals surface area contributed by atoms with Crippen molar-refractivity contribution in [3.8, 4) is 0 Å². The Morgan fingerprint density at radius 1 is 1.11 bits per heavy atom. The van der Waals surface area contributed by atoms with Crippen molar-refractivity contribution in [3.05, 3.63) is 45.8 Å². The summed E-state index contributed by atoms with van der Waals surface area (Å²) in [6, 6.07) is 3.14. The maximum absolute atomic E-state index is 13.5. The largest absolute Gasteiger partial charge is 0.336 e. The Labute approximate surface area is 112 Å². The van der Waals surface area contributed by atoms with Gasteiger partial charge in [-0.25, -0.2) is 18.7 Å². The lowest BCUT2D eigenvalue weighted by molar-refractivity contribution is 0.586. The minimum absolute atomic E-state index is 0.0627. The summed E-state index contributed by atoms with van der Waals surface area (Å²) in [7, 11) is 0. The quantitative estimate of drug-likeness (QED) is 0.846. The molecule has 1 aromatic heterocycles. The SMILES string of the molecule is Cc1nc(Cl)cc(Nc2c(F)cc(F)cc2Cl)n1. The molecule has 0 saturated heterocycles. The smallest absolute Gasteiger partial charge is 0.151 e. The van der Waals surface area contributed by atoms with E-state index in [1.165, 1.54) is 6.07 Å². The van der Waals surface area contributed by atoms with E-state index < -0.39 is 11.6 Å². The molecule has 0 atom stereocenters. The lowest BCUT2D eigenvalue weighted by atomic mass is 10.3. The molecule has 0 aliphatic heterocycles. The van der Waals surface area contributed by atoms with E-state index in [2.05, 4.69) is 15.3 Å². The highest BCUT2D eigenvalue weighted by Crippen LogP contribution is 2.29. The number of aryl methyl sites for hydroxylation is 1. The minimum Gasteiger partial charge on any atom is -0.336 e. The number of hydrogen-bond acceptors (Lipinski definition) is 3. The molecule has 1 aromatic carbocycles. The fourth-order valence-corrected chi connectivity index (χ4v) is 1.85. The Bertz CT molecular complexity index is 562. The number of rotatable bonds is 2. The van der Waals surface area contributed by atoms with Gasteiger partial charge >= 0.3 is 0 Å². The zero-order valence-corrected chi connectivity index (χ0v) is 10.7. The third-order valence-electron chi connectivity index (χ3n) is 2.07. The first-order valence-electron chi connectivity index (χ1n) is 4.88. The lowest BCUT2D eigenvalue weighted by Crippen LogP contribution is -2.00. The van der Waals surface area contributed by atoms with Crippen LogP contribution < -0.4 is 5.32 Å². The van der Waals surface area contributed by atoms with Gasteiger partial charge < -0.3 is 5.32 Å². The van der Waals surface area contributed by atoms with Crippen LogP contribution in [0.1, 0.15) is 5.82 Å². The Morgan fingerprint density at radius 3 is 2.44 bits per heavy atom. The van der Waals surface area contributed by atoms with Gasteiger partial charge in [0.25, 0.3) is 0 Å². The number of benzene rings is 1. The molecule has 0 spiro atoms. The second-order valence-corrected chi connectivity index (χ2v) is 4.29. The van der Waals surface area contributed by atoms with Crippen molar-refractivity contribution in [2.75, 3.05) is 5.32 Å². The van der Waals surface area contributed by atoms with E-state index in [0.29, 0.717) is 5.82 Å². The Hall–Kier alpha value is -1.46. The van der Waals surface area contributed by atoms with Gasteiger partial charge in [-0.1, -0.05) is 23.2 Å². The Kier molecular flexibility index (Phi) is 3.63. The summed E-state index contributed by atoms with van der Waals surface area (Å²) < 4.78 is 26.4. The number of anilines is 2. The van der Waals surface area contributed by atoms with E-state index in [1.54, 1.807) is 6.92 Å². The van der Waals surface area contributed by atoms with E-state index in [1.807, 2.05) is 0 Å². The highest BCUT2D eigenvalue weighted by atomic mass is 35.5. The standard InChI is InChI=1S/C11H7Cl2F2N3/c1-5-16-9(13)4-10(17-5)18-11-7(12)2-6(14)3-8(11)15/h2-4H,1H3,(H,16,17,18). The summed E-state index contributed by atoms with van der Waals surface area (Å²) in [6.07, 6.45) is 0. The summed E-state index contributed by atoms with van der Waals surface area (Å²) in [5.74, 6) is -0.865. The van der Waals surface area contributed by atoms with Gasteiger partial charge in [0.15, 0.2) is 5.82 Å². The van der Waals surface area contributed by atoms with Gasteiger partial charge in [0.1, 0.15) is 22.6 Å². The summed E-state index contributed by atoms with van der Waals surface area (Å²) in [5, 5.41) is 2.77. The van der Waals surface area contributed by atoms with Gasteiger partial charge in [-0.2, -0.15) is 0 Å². The van der Waals surface area contributed by atoms with Crippen molar-refractivity contribution >= 4 is 34.7 Å². The first kappa shape index (κ1) is 13.0. The number of hydrogen-bond donors (Lipinski definition) is 1. The Morgan fingerprint density at radius 2 is 1.83 bits per heavy atom. The van der Waals surface area contributed by atoms with Gasteiger partial charge in [-0.3, -0.25) is 0 Å². The maximum Gasteiger partial charge on any atom is 0.151 e. The molecule has 0 saturated carbocycles. The predicted octanol–water partition coefficient (Wildman–Crippen LogP) is 4.11. The van der Waals surface area contributed by atoms with Crippen molar-refractivity contribution in [2.24, 2.45) is 0 Å². The average molecular weight is 290 g/mol. The highest BCUT2D eigenvalue weighted by Gasteiger charge is 2.11. The zero-order chi connectivity index (χ0) is 13.3. The predicted molar refractivity (Wildman–Crippen MR) is 66.4 cm³/mol. The molecule has 2 aromatic rings. The molecule has 94 valence electrons. The van der Waals surface area contributed by atoms with E-state index >= 15 is 0 Å². The fraction of sp³-hybridized carbons (Fsp3) is 0.0909. The van der Waals surface area contributed by atoms with Crippen molar-refractivity contribution in [2.45, 2.75) is 6.92 Å². The Balaban J connectivity index is 2.40.